The Morgan fingerprint density at radius 1 is 1.26 bits per heavy atom. The number of rotatable bonds is 9. The first-order chi connectivity index (χ1) is 18.5. The van der Waals surface area contributed by atoms with E-state index in [4.69, 9.17) is 37.4 Å². The van der Waals surface area contributed by atoms with Crippen molar-refractivity contribution in [1.82, 2.24) is 9.88 Å². The van der Waals surface area contributed by atoms with Gasteiger partial charge in [-0.25, -0.2) is 0 Å². The zero-order chi connectivity index (χ0) is 28.3. The molecule has 1 fully saturated rings. The van der Waals surface area contributed by atoms with Gasteiger partial charge in [0, 0.05) is 37.8 Å². The van der Waals surface area contributed by atoms with Crippen LogP contribution < -0.4 is 9.64 Å². The number of anilines is 1. The molecule has 3 heterocycles. The molecule has 1 aromatic carbocycles. The number of amides is 1. The second-order valence-corrected chi connectivity index (χ2v) is 17.4. The van der Waals surface area contributed by atoms with Gasteiger partial charge in [0.15, 0.2) is 12.9 Å². The standard InChI is InChI=1S/C26H34Cl2N4O6Si/c1-17-24-18(11-19(27)12-20(24)28)5-6-31(17)26(33)23-15-30(7-8-37-23)21-13-29-14-22(32(34)35)25(21)38-16-36-9-10-39(2,3)4/h11-14,17,23H,5-10,15-16H2,1-4H3/t17-,23+/m0/s1. The van der Waals surface area contributed by atoms with Crippen molar-refractivity contribution in [3.05, 3.63) is 55.8 Å². The van der Waals surface area contributed by atoms with Gasteiger partial charge in [0.25, 0.3) is 5.91 Å². The number of carbonyl (C=O) groups is 1. The van der Waals surface area contributed by atoms with Crippen LogP contribution in [0.2, 0.25) is 35.7 Å². The third kappa shape index (κ3) is 7.01. The summed E-state index contributed by atoms with van der Waals surface area (Å²) in [6, 6.07) is 4.28. The molecule has 0 N–H and O–H groups in total. The number of carbonyl (C=O) groups excluding carboxylic acids is 1. The van der Waals surface area contributed by atoms with E-state index in [2.05, 4.69) is 24.6 Å². The van der Waals surface area contributed by atoms with E-state index in [9.17, 15) is 14.9 Å². The molecule has 39 heavy (non-hydrogen) atoms. The number of pyridine rings is 1. The number of halogens is 2. The maximum Gasteiger partial charge on any atom is 0.331 e. The van der Waals surface area contributed by atoms with Gasteiger partial charge in [0.1, 0.15) is 11.9 Å². The maximum absolute atomic E-state index is 13.6. The van der Waals surface area contributed by atoms with Crippen LogP contribution in [0.25, 0.3) is 0 Å². The molecule has 2 aromatic rings. The lowest BCUT2D eigenvalue weighted by Gasteiger charge is -2.40. The lowest BCUT2D eigenvalue weighted by atomic mass is 9.93. The molecule has 2 atom stereocenters. The predicted octanol–water partition coefficient (Wildman–Crippen LogP) is 5.34. The number of hydrogen-bond acceptors (Lipinski definition) is 8. The fourth-order valence-electron chi connectivity index (χ4n) is 4.87. The van der Waals surface area contributed by atoms with Gasteiger partial charge in [0.05, 0.1) is 30.3 Å². The second kappa shape index (κ2) is 12.4. The van der Waals surface area contributed by atoms with Crippen molar-refractivity contribution < 1.29 is 23.9 Å². The van der Waals surface area contributed by atoms with Crippen LogP contribution in [0.3, 0.4) is 0 Å². The first-order valence-corrected chi connectivity index (χ1v) is 17.4. The molecule has 0 saturated carbocycles. The van der Waals surface area contributed by atoms with E-state index < -0.39 is 19.1 Å². The largest absolute Gasteiger partial charge is 0.458 e. The van der Waals surface area contributed by atoms with Crippen LogP contribution in [0.5, 0.6) is 5.75 Å². The van der Waals surface area contributed by atoms with Crippen LogP contribution in [0, 0.1) is 10.1 Å². The molecule has 2 aliphatic heterocycles. The molecule has 4 rings (SSSR count). The average Bonchev–Trinajstić information content (AvgIpc) is 2.87. The first-order valence-electron chi connectivity index (χ1n) is 12.9. The van der Waals surface area contributed by atoms with Crippen LogP contribution >= 0.6 is 23.2 Å². The van der Waals surface area contributed by atoms with Gasteiger partial charge < -0.3 is 24.0 Å². The molecule has 212 valence electrons. The highest BCUT2D eigenvalue weighted by Gasteiger charge is 2.37. The fourth-order valence-corrected chi connectivity index (χ4v) is 6.32. The van der Waals surface area contributed by atoms with Crippen molar-refractivity contribution in [3.63, 3.8) is 0 Å². The van der Waals surface area contributed by atoms with Gasteiger partial charge in [-0.1, -0.05) is 42.8 Å². The summed E-state index contributed by atoms with van der Waals surface area (Å²) in [5.74, 6) is -0.0977. The van der Waals surface area contributed by atoms with Crippen LogP contribution in [0.1, 0.15) is 24.1 Å². The Bertz CT molecular complexity index is 1230. The number of nitrogens with zero attached hydrogens (tertiary/aromatic N) is 4. The van der Waals surface area contributed by atoms with Crippen LogP contribution in [0.4, 0.5) is 11.4 Å². The summed E-state index contributed by atoms with van der Waals surface area (Å²) in [7, 11) is -1.29. The minimum atomic E-state index is -1.29. The summed E-state index contributed by atoms with van der Waals surface area (Å²) >= 11 is 12.7. The molecular formula is C26H34Cl2N4O6Si. The Morgan fingerprint density at radius 3 is 2.74 bits per heavy atom. The van der Waals surface area contributed by atoms with E-state index in [1.165, 1.54) is 6.20 Å². The average molecular weight is 598 g/mol. The number of ether oxygens (including phenoxy) is 3. The van der Waals surface area contributed by atoms with E-state index in [0.29, 0.717) is 41.8 Å². The highest BCUT2D eigenvalue weighted by Crippen LogP contribution is 2.39. The fraction of sp³-hybridized carbons (Fsp3) is 0.538. The topological polar surface area (TPSA) is 107 Å². The SMILES string of the molecule is C[C@H]1c2c(Cl)cc(Cl)cc2CCN1C(=O)[C@H]1CN(c2cncc([N+](=O)[O-])c2OCOCC[Si](C)(C)C)CCO1. The third-order valence-electron chi connectivity index (χ3n) is 6.99. The van der Waals surface area contributed by atoms with Crippen molar-refractivity contribution >= 4 is 48.6 Å². The number of aromatic nitrogens is 1. The molecule has 0 radical (unpaired) electrons. The Hall–Kier alpha value is -2.44. The number of nitro groups is 1. The van der Waals surface area contributed by atoms with Crippen molar-refractivity contribution in [3.8, 4) is 5.75 Å². The van der Waals surface area contributed by atoms with Gasteiger partial charge in [0.2, 0.25) is 5.75 Å². The van der Waals surface area contributed by atoms with Gasteiger partial charge in [-0.15, -0.1) is 0 Å². The molecule has 0 aliphatic carbocycles. The lowest BCUT2D eigenvalue weighted by molar-refractivity contribution is -0.386. The minimum Gasteiger partial charge on any atom is -0.458 e. The maximum atomic E-state index is 13.6. The molecule has 1 saturated heterocycles. The zero-order valence-electron chi connectivity index (χ0n) is 22.6. The van der Waals surface area contributed by atoms with Crippen molar-refractivity contribution in [1.29, 1.82) is 0 Å². The van der Waals surface area contributed by atoms with Crippen molar-refractivity contribution in [2.75, 3.05) is 44.5 Å². The van der Waals surface area contributed by atoms with Gasteiger partial charge in [-0.2, -0.15) is 0 Å². The summed E-state index contributed by atoms with van der Waals surface area (Å²) in [5.41, 5.74) is 2.09. The quantitative estimate of drug-likeness (QED) is 0.125. The van der Waals surface area contributed by atoms with Crippen LogP contribution in [-0.2, 0) is 20.7 Å². The van der Waals surface area contributed by atoms with Gasteiger partial charge >= 0.3 is 5.69 Å². The molecule has 0 bridgehead atoms. The molecule has 13 heteroatoms. The molecule has 0 unspecified atom stereocenters. The Morgan fingerprint density at radius 2 is 2.03 bits per heavy atom. The second-order valence-electron chi connectivity index (χ2n) is 11.0. The summed E-state index contributed by atoms with van der Waals surface area (Å²) in [5, 5.41) is 12.9. The summed E-state index contributed by atoms with van der Waals surface area (Å²) in [6.07, 6.45) is 2.54. The lowest BCUT2D eigenvalue weighted by Crippen LogP contribution is -2.53. The van der Waals surface area contributed by atoms with Crippen LogP contribution in [-0.4, -0.2) is 74.5 Å². The normalized spacial score (nSPS) is 19.5. The summed E-state index contributed by atoms with van der Waals surface area (Å²) in [4.78, 5) is 32.6. The molecule has 1 amide bonds. The Kier molecular flexibility index (Phi) is 9.38. The third-order valence-corrected chi connectivity index (χ3v) is 9.23. The Balaban J connectivity index is 1.49. The highest BCUT2D eigenvalue weighted by molar-refractivity contribution is 6.76. The number of fused-ring (bicyclic) bond motifs is 1. The van der Waals surface area contributed by atoms with E-state index in [1.807, 2.05) is 17.9 Å². The zero-order valence-corrected chi connectivity index (χ0v) is 25.1. The number of hydrogen-bond donors (Lipinski definition) is 0. The monoisotopic (exact) mass is 596 g/mol. The first kappa shape index (κ1) is 29.5. The molecule has 1 aromatic heterocycles. The summed E-state index contributed by atoms with van der Waals surface area (Å²) in [6.45, 7) is 10.4. The van der Waals surface area contributed by atoms with Crippen molar-refractivity contribution in [2.24, 2.45) is 0 Å². The molecule has 0 spiro atoms. The minimum absolute atomic E-state index is 0.0695. The molecular weight excluding hydrogens is 563 g/mol. The molecule has 2 aliphatic rings. The Labute approximate surface area is 239 Å². The predicted molar refractivity (Wildman–Crippen MR) is 153 cm³/mol. The van der Waals surface area contributed by atoms with Crippen LogP contribution in [0.15, 0.2) is 24.5 Å². The highest BCUT2D eigenvalue weighted by atomic mass is 35.5. The van der Waals surface area contributed by atoms with Gasteiger partial charge in [-0.05, 0) is 42.6 Å². The molecule has 10 nitrogen and oxygen atoms in total. The number of morpholine rings is 1. The van der Waals surface area contributed by atoms with E-state index >= 15 is 0 Å². The summed E-state index contributed by atoms with van der Waals surface area (Å²) < 4.78 is 17.3. The number of benzene rings is 1. The van der Waals surface area contributed by atoms with E-state index in [1.54, 1.807) is 11.0 Å². The van der Waals surface area contributed by atoms with E-state index in [0.717, 1.165) is 23.4 Å². The smallest absolute Gasteiger partial charge is 0.331 e. The van der Waals surface area contributed by atoms with Crippen molar-refractivity contribution in [2.45, 2.75) is 51.2 Å². The van der Waals surface area contributed by atoms with Gasteiger partial charge in [-0.3, -0.25) is 19.9 Å². The van der Waals surface area contributed by atoms with E-state index in [-0.39, 0.29) is 43.3 Å².